The van der Waals surface area contributed by atoms with Crippen molar-refractivity contribution in [2.75, 3.05) is 44.3 Å². The van der Waals surface area contributed by atoms with Gasteiger partial charge in [0.15, 0.2) is 0 Å². The van der Waals surface area contributed by atoms with E-state index in [1.807, 2.05) is 5.51 Å². The molecule has 6 nitrogen and oxygen atoms in total. The Morgan fingerprint density at radius 3 is 2.67 bits per heavy atom. The summed E-state index contributed by atoms with van der Waals surface area (Å²) in [4.78, 5) is 5.19. The van der Waals surface area contributed by atoms with Crippen molar-refractivity contribution in [3.8, 4) is 5.75 Å². The van der Waals surface area contributed by atoms with Gasteiger partial charge in [-0.05, 0) is 62.7 Å². The Balaban J connectivity index is 1.04. The third-order valence-corrected chi connectivity index (χ3v) is 8.40. The van der Waals surface area contributed by atoms with Crippen LogP contribution in [0.25, 0.3) is 0 Å². The first kappa shape index (κ1) is 19.0. The van der Waals surface area contributed by atoms with Gasteiger partial charge >= 0.3 is 0 Å². The normalized spacial score (nSPS) is 27.2. The van der Waals surface area contributed by atoms with Crippen molar-refractivity contribution in [1.82, 2.24) is 15.1 Å². The van der Waals surface area contributed by atoms with E-state index in [4.69, 9.17) is 9.47 Å². The highest BCUT2D eigenvalue weighted by Crippen LogP contribution is 2.49. The molecule has 0 N–H and O–H groups in total. The number of nitrogens with zero attached hydrogens (tertiary/aromatic N) is 4. The molecule has 4 fully saturated rings. The van der Waals surface area contributed by atoms with E-state index in [9.17, 15) is 0 Å². The second kappa shape index (κ2) is 7.77. The Morgan fingerprint density at radius 2 is 1.93 bits per heavy atom. The third-order valence-electron chi connectivity index (χ3n) is 7.65. The average molecular weight is 427 g/mol. The molecule has 2 aromatic rings. The molecule has 3 aliphatic heterocycles. The maximum atomic E-state index is 6.20. The molecule has 0 bridgehead atoms. The molecule has 4 aliphatic rings. The second-order valence-corrected chi connectivity index (χ2v) is 10.4. The fourth-order valence-electron chi connectivity index (χ4n) is 5.94. The number of aromatic nitrogens is 2. The van der Waals surface area contributed by atoms with Crippen LogP contribution >= 0.6 is 11.3 Å². The van der Waals surface area contributed by atoms with Crippen LogP contribution in [0, 0.1) is 5.41 Å². The number of rotatable bonds is 5. The Morgan fingerprint density at radius 1 is 1.10 bits per heavy atom. The van der Waals surface area contributed by atoms with Crippen LogP contribution in [0.1, 0.15) is 43.6 Å². The van der Waals surface area contributed by atoms with Crippen molar-refractivity contribution in [3.63, 3.8) is 0 Å². The van der Waals surface area contributed by atoms with E-state index in [-0.39, 0.29) is 6.10 Å². The lowest BCUT2D eigenvalue weighted by atomic mass is 9.78. The maximum absolute atomic E-state index is 6.20. The van der Waals surface area contributed by atoms with Crippen LogP contribution in [0.3, 0.4) is 0 Å². The van der Waals surface area contributed by atoms with Crippen LogP contribution in [-0.2, 0) is 4.74 Å². The molecular formula is C23H30N4O2S. The van der Waals surface area contributed by atoms with E-state index < -0.39 is 0 Å². The third kappa shape index (κ3) is 3.51. The molecule has 7 heteroatoms. The topological polar surface area (TPSA) is 50.7 Å². The largest absolute Gasteiger partial charge is 0.485 e. The van der Waals surface area contributed by atoms with Crippen molar-refractivity contribution in [2.45, 2.75) is 50.2 Å². The van der Waals surface area contributed by atoms with Crippen molar-refractivity contribution in [2.24, 2.45) is 5.41 Å². The molecule has 6 rings (SSSR count). The summed E-state index contributed by atoms with van der Waals surface area (Å²) in [5.74, 6) is 1.70. The van der Waals surface area contributed by atoms with Crippen LogP contribution in [0.15, 0.2) is 29.8 Å². The molecule has 1 aromatic heterocycles. The fourth-order valence-corrected chi connectivity index (χ4v) is 6.50. The Hall–Kier alpha value is -1.70. The number of ether oxygens (including phenoxy) is 2. The van der Waals surface area contributed by atoms with Crippen molar-refractivity contribution in [3.05, 3.63) is 35.3 Å². The monoisotopic (exact) mass is 426 g/mol. The minimum absolute atomic E-state index is 0.239. The van der Waals surface area contributed by atoms with Crippen molar-refractivity contribution < 1.29 is 9.47 Å². The first-order valence-electron chi connectivity index (χ1n) is 11.4. The van der Waals surface area contributed by atoms with Crippen LogP contribution < -0.4 is 9.64 Å². The molecule has 1 saturated carbocycles. The molecular weight excluding hydrogens is 396 g/mol. The van der Waals surface area contributed by atoms with Gasteiger partial charge in [0.2, 0.25) is 5.13 Å². The quantitative estimate of drug-likeness (QED) is 0.729. The molecule has 1 atom stereocenters. The van der Waals surface area contributed by atoms with E-state index in [1.165, 1.54) is 63.8 Å². The van der Waals surface area contributed by atoms with Gasteiger partial charge in [0.05, 0.1) is 13.2 Å². The number of piperidine rings is 1. The SMILES string of the molecule is c1ccc(C2CCN([C@@H]3CCC4(C3)CN(c3nncs3)C4)CC2)c(OC2COC2)c1. The molecule has 160 valence electrons. The molecule has 3 saturated heterocycles. The number of likely N-dealkylation sites (tertiary alicyclic amines) is 1. The summed E-state index contributed by atoms with van der Waals surface area (Å²) in [6.45, 7) is 6.23. The smallest absolute Gasteiger partial charge is 0.208 e. The van der Waals surface area contributed by atoms with Gasteiger partial charge in [0.1, 0.15) is 17.4 Å². The summed E-state index contributed by atoms with van der Waals surface area (Å²) in [6, 6.07) is 9.43. The number of benzene rings is 1. The predicted octanol–water partition coefficient (Wildman–Crippen LogP) is 3.55. The lowest BCUT2D eigenvalue weighted by Crippen LogP contribution is -2.56. The van der Waals surface area contributed by atoms with Crippen molar-refractivity contribution in [1.29, 1.82) is 0 Å². The summed E-state index contributed by atoms with van der Waals surface area (Å²) in [5, 5.41) is 9.33. The molecule has 4 heterocycles. The zero-order chi connectivity index (χ0) is 20.0. The average Bonchev–Trinajstić information content (AvgIpc) is 3.40. The van der Waals surface area contributed by atoms with Gasteiger partial charge in [0.25, 0.3) is 0 Å². The van der Waals surface area contributed by atoms with Crippen molar-refractivity contribution >= 4 is 16.5 Å². The minimum atomic E-state index is 0.239. The standard InChI is InChI=1S/C23H30N4O2S/c1-2-4-21(29-19-12-28-13-19)20(3-1)17-6-9-26(10-7-17)18-5-8-23(11-18)14-27(15-23)22-25-24-16-30-22/h1-4,16-19H,5-15H2/t18-/m1/s1. The number of para-hydroxylation sites is 1. The van der Waals surface area contributed by atoms with E-state index in [2.05, 4.69) is 44.3 Å². The molecule has 0 amide bonds. The van der Waals surface area contributed by atoms with Gasteiger partial charge in [-0.2, -0.15) is 0 Å². The van der Waals surface area contributed by atoms with E-state index in [0.717, 1.165) is 30.1 Å². The van der Waals surface area contributed by atoms with Gasteiger partial charge in [-0.3, -0.25) is 0 Å². The highest BCUT2D eigenvalue weighted by Gasteiger charge is 2.50. The second-order valence-electron chi connectivity index (χ2n) is 9.60. The minimum Gasteiger partial charge on any atom is -0.485 e. The number of anilines is 1. The predicted molar refractivity (Wildman–Crippen MR) is 117 cm³/mol. The summed E-state index contributed by atoms with van der Waals surface area (Å²) in [5.41, 5.74) is 3.77. The van der Waals surface area contributed by atoms with Gasteiger partial charge in [-0.1, -0.05) is 29.5 Å². The molecule has 1 spiro atoms. The lowest BCUT2D eigenvalue weighted by molar-refractivity contribution is -0.0801. The van der Waals surface area contributed by atoms with Crippen LogP contribution in [0.4, 0.5) is 5.13 Å². The molecule has 30 heavy (non-hydrogen) atoms. The summed E-state index contributed by atoms with van der Waals surface area (Å²) in [7, 11) is 0. The van der Waals surface area contributed by atoms with Gasteiger partial charge < -0.3 is 19.3 Å². The highest BCUT2D eigenvalue weighted by atomic mass is 32.1. The first-order chi connectivity index (χ1) is 14.8. The highest BCUT2D eigenvalue weighted by molar-refractivity contribution is 7.13. The lowest BCUT2D eigenvalue weighted by Gasteiger charge is -2.48. The summed E-state index contributed by atoms with van der Waals surface area (Å²) < 4.78 is 11.5. The van der Waals surface area contributed by atoms with Gasteiger partial charge in [-0.15, -0.1) is 10.2 Å². The van der Waals surface area contributed by atoms with Crippen LogP contribution in [0.2, 0.25) is 0 Å². The Bertz CT molecular complexity index is 858. The van der Waals surface area contributed by atoms with E-state index >= 15 is 0 Å². The van der Waals surface area contributed by atoms with Crippen LogP contribution in [0.5, 0.6) is 5.75 Å². The number of hydrogen-bond donors (Lipinski definition) is 0. The Labute approximate surface area is 182 Å². The zero-order valence-electron chi connectivity index (χ0n) is 17.4. The Kier molecular flexibility index (Phi) is 4.93. The summed E-state index contributed by atoms with van der Waals surface area (Å²) in [6.07, 6.45) is 6.80. The maximum Gasteiger partial charge on any atom is 0.208 e. The van der Waals surface area contributed by atoms with E-state index in [1.54, 1.807) is 11.3 Å². The fraction of sp³-hybridized carbons (Fsp3) is 0.652. The van der Waals surface area contributed by atoms with E-state index in [0.29, 0.717) is 11.3 Å². The molecule has 0 radical (unpaired) electrons. The summed E-state index contributed by atoms with van der Waals surface area (Å²) >= 11 is 1.66. The van der Waals surface area contributed by atoms with Gasteiger partial charge in [0, 0.05) is 24.5 Å². The first-order valence-corrected chi connectivity index (χ1v) is 12.2. The van der Waals surface area contributed by atoms with Crippen LogP contribution in [-0.4, -0.2) is 66.6 Å². The van der Waals surface area contributed by atoms with Gasteiger partial charge in [-0.25, -0.2) is 0 Å². The molecule has 1 aliphatic carbocycles. The zero-order valence-corrected chi connectivity index (χ0v) is 18.2. The molecule has 1 aromatic carbocycles. The molecule has 0 unspecified atom stereocenters. The number of hydrogen-bond acceptors (Lipinski definition) is 7.